The highest BCUT2D eigenvalue weighted by atomic mass is 16.5. The van der Waals surface area contributed by atoms with Gasteiger partial charge in [0, 0.05) is 20.6 Å². The monoisotopic (exact) mass is 376 g/mol. The van der Waals surface area contributed by atoms with E-state index in [4.69, 9.17) is 15.2 Å². The van der Waals surface area contributed by atoms with E-state index in [2.05, 4.69) is 10.3 Å². The number of ether oxygens (including phenoxy) is 2. The SMILES string of the molecule is COc1ccc(CCNC(N)=NCC2(C(=O)N(C)C)CCCC2)cc1OC. The molecule has 0 bridgehead atoms. The zero-order valence-corrected chi connectivity index (χ0v) is 16.9. The van der Waals surface area contributed by atoms with E-state index in [9.17, 15) is 4.79 Å². The summed E-state index contributed by atoms with van der Waals surface area (Å²) < 4.78 is 10.6. The second-order valence-corrected chi connectivity index (χ2v) is 7.25. The van der Waals surface area contributed by atoms with Crippen LogP contribution in [0.3, 0.4) is 0 Å². The third-order valence-electron chi connectivity index (χ3n) is 5.14. The molecule has 2 rings (SSSR count). The summed E-state index contributed by atoms with van der Waals surface area (Å²) in [6.45, 7) is 1.10. The largest absolute Gasteiger partial charge is 0.493 e. The fraction of sp³-hybridized carbons (Fsp3) is 0.600. The summed E-state index contributed by atoms with van der Waals surface area (Å²) in [7, 11) is 6.85. The molecule has 0 unspecified atom stereocenters. The number of methoxy groups -OCH3 is 2. The first-order valence-corrected chi connectivity index (χ1v) is 9.38. The Kier molecular flexibility index (Phi) is 7.33. The van der Waals surface area contributed by atoms with E-state index < -0.39 is 0 Å². The minimum atomic E-state index is -0.390. The molecule has 0 heterocycles. The minimum Gasteiger partial charge on any atom is -0.493 e. The van der Waals surface area contributed by atoms with Crippen molar-refractivity contribution in [3.63, 3.8) is 0 Å². The van der Waals surface area contributed by atoms with Crippen LogP contribution in [0.5, 0.6) is 11.5 Å². The number of benzene rings is 1. The molecule has 1 saturated carbocycles. The van der Waals surface area contributed by atoms with Crippen molar-refractivity contribution in [3.8, 4) is 11.5 Å². The first kappa shape index (κ1) is 20.9. The number of nitrogens with one attached hydrogen (secondary N) is 1. The van der Waals surface area contributed by atoms with Crippen molar-refractivity contribution in [1.29, 1.82) is 0 Å². The lowest BCUT2D eigenvalue weighted by Gasteiger charge is -2.29. The van der Waals surface area contributed by atoms with E-state index in [0.29, 0.717) is 30.5 Å². The molecule has 1 aliphatic carbocycles. The van der Waals surface area contributed by atoms with Gasteiger partial charge in [0.2, 0.25) is 5.91 Å². The molecule has 150 valence electrons. The van der Waals surface area contributed by atoms with Crippen molar-refractivity contribution in [2.24, 2.45) is 16.1 Å². The fourth-order valence-electron chi connectivity index (χ4n) is 3.63. The molecule has 1 fully saturated rings. The summed E-state index contributed by atoms with van der Waals surface area (Å²) in [6.07, 6.45) is 4.68. The molecule has 0 aliphatic heterocycles. The van der Waals surface area contributed by atoms with Gasteiger partial charge in [-0.1, -0.05) is 18.9 Å². The first-order valence-electron chi connectivity index (χ1n) is 9.38. The van der Waals surface area contributed by atoms with Gasteiger partial charge >= 0.3 is 0 Å². The lowest BCUT2D eigenvalue weighted by molar-refractivity contribution is -0.138. The molecule has 7 nitrogen and oxygen atoms in total. The second-order valence-electron chi connectivity index (χ2n) is 7.25. The highest BCUT2D eigenvalue weighted by molar-refractivity contribution is 5.84. The molecule has 0 aromatic heterocycles. The number of hydrogen-bond donors (Lipinski definition) is 2. The molecule has 27 heavy (non-hydrogen) atoms. The maximum absolute atomic E-state index is 12.6. The van der Waals surface area contributed by atoms with Crippen molar-refractivity contribution < 1.29 is 14.3 Å². The summed E-state index contributed by atoms with van der Waals surface area (Å²) in [5.74, 6) is 1.96. The molecule has 1 aliphatic rings. The van der Waals surface area contributed by atoms with Crippen LogP contribution in [0.2, 0.25) is 0 Å². The summed E-state index contributed by atoms with van der Waals surface area (Å²) in [5.41, 5.74) is 6.75. The van der Waals surface area contributed by atoms with Crippen molar-refractivity contribution in [2.45, 2.75) is 32.1 Å². The van der Waals surface area contributed by atoms with Crippen LogP contribution in [-0.2, 0) is 11.2 Å². The Bertz CT molecular complexity index is 667. The molecule has 3 N–H and O–H groups in total. The van der Waals surface area contributed by atoms with Crippen LogP contribution >= 0.6 is 0 Å². The zero-order valence-electron chi connectivity index (χ0n) is 16.9. The Morgan fingerprint density at radius 2 is 1.89 bits per heavy atom. The van der Waals surface area contributed by atoms with Crippen molar-refractivity contribution in [2.75, 3.05) is 41.4 Å². The van der Waals surface area contributed by atoms with Gasteiger partial charge in [0.05, 0.1) is 26.2 Å². The van der Waals surface area contributed by atoms with Crippen molar-refractivity contribution >= 4 is 11.9 Å². The van der Waals surface area contributed by atoms with Gasteiger partial charge in [0.25, 0.3) is 0 Å². The van der Waals surface area contributed by atoms with Crippen LogP contribution in [0.15, 0.2) is 23.2 Å². The third-order valence-corrected chi connectivity index (χ3v) is 5.14. The van der Waals surface area contributed by atoms with E-state index in [1.807, 2.05) is 18.2 Å². The average Bonchev–Trinajstić information content (AvgIpc) is 3.15. The quantitative estimate of drug-likeness (QED) is 0.533. The van der Waals surface area contributed by atoms with Crippen LogP contribution in [-0.4, -0.2) is 58.2 Å². The third kappa shape index (κ3) is 5.28. The van der Waals surface area contributed by atoms with Gasteiger partial charge in [0.1, 0.15) is 0 Å². The number of hydrogen-bond acceptors (Lipinski definition) is 4. The Hall–Kier alpha value is -2.44. The Labute approximate surface area is 161 Å². The maximum atomic E-state index is 12.6. The van der Waals surface area contributed by atoms with E-state index in [1.165, 1.54) is 0 Å². The second kappa shape index (κ2) is 9.48. The Morgan fingerprint density at radius 3 is 2.48 bits per heavy atom. The number of carbonyl (C=O) groups excluding carboxylic acids is 1. The normalized spacial score (nSPS) is 16.1. The molecule has 1 aromatic carbocycles. The number of carbonyl (C=O) groups is 1. The average molecular weight is 377 g/mol. The number of amides is 1. The van der Waals surface area contributed by atoms with Gasteiger partial charge < -0.3 is 25.4 Å². The number of rotatable bonds is 8. The topological polar surface area (TPSA) is 89.2 Å². The number of guanidine groups is 1. The zero-order chi connectivity index (χ0) is 19.9. The molecule has 1 amide bonds. The first-order chi connectivity index (χ1) is 12.9. The molecule has 7 heteroatoms. The summed E-state index contributed by atoms with van der Waals surface area (Å²) in [4.78, 5) is 18.7. The molecule has 0 saturated heterocycles. The highest BCUT2D eigenvalue weighted by Crippen LogP contribution is 2.39. The molecule has 1 aromatic rings. The van der Waals surface area contributed by atoms with E-state index in [1.54, 1.807) is 33.2 Å². The summed E-state index contributed by atoms with van der Waals surface area (Å²) >= 11 is 0. The maximum Gasteiger partial charge on any atom is 0.230 e. The van der Waals surface area contributed by atoms with Gasteiger partial charge in [-0.3, -0.25) is 9.79 Å². The fourth-order valence-corrected chi connectivity index (χ4v) is 3.63. The molecule has 0 spiro atoms. The lowest BCUT2D eigenvalue weighted by atomic mass is 9.85. The lowest BCUT2D eigenvalue weighted by Crippen LogP contribution is -2.42. The number of aliphatic imine (C=N–C) groups is 1. The van der Waals surface area contributed by atoms with Gasteiger partial charge in [0.15, 0.2) is 17.5 Å². The van der Waals surface area contributed by atoms with Crippen LogP contribution in [0.4, 0.5) is 0 Å². The van der Waals surface area contributed by atoms with E-state index in [-0.39, 0.29) is 11.3 Å². The van der Waals surface area contributed by atoms with Crippen LogP contribution < -0.4 is 20.5 Å². The van der Waals surface area contributed by atoms with Crippen LogP contribution in [0, 0.1) is 5.41 Å². The van der Waals surface area contributed by atoms with Gasteiger partial charge in [-0.2, -0.15) is 0 Å². The Balaban J connectivity index is 1.89. The van der Waals surface area contributed by atoms with Gasteiger partial charge in [-0.05, 0) is 37.0 Å². The van der Waals surface area contributed by atoms with Crippen LogP contribution in [0.1, 0.15) is 31.2 Å². The molecular formula is C20H32N4O3. The van der Waals surface area contributed by atoms with Gasteiger partial charge in [-0.15, -0.1) is 0 Å². The van der Waals surface area contributed by atoms with Gasteiger partial charge in [-0.25, -0.2) is 0 Å². The summed E-state index contributed by atoms with van der Waals surface area (Å²) in [6, 6.07) is 5.85. The number of nitrogens with zero attached hydrogens (tertiary/aromatic N) is 2. The smallest absolute Gasteiger partial charge is 0.230 e. The predicted octanol–water partition coefficient (Wildman–Crippen LogP) is 1.80. The van der Waals surface area contributed by atoms with Crippen LogP contribution in [0.25, 0.3) is 0 Å². The van der Waals surface area contributed by atoms with Crippen molar-refractivity contribution in [1.82, 2.24) is 10.2 Å². The summed E-state index contributed by atoms with van der Waals surface area (Å²) in [5, 5.41) is 3.14. The predicted molar refractivity (Wildman–Crippen MR) is 107 cm³/mol. The molecule has 0 atom stereocenters. The minimum absolute atomic E-state index is 0.155. The number of nitrogens with two attached hydrogens (primary N) is 1. The highest BCUT2D eigenvalue weighted by Gasteiger charge is 2.41. The Morgan fingerprint density at radius 1 is 1.22 bits per heavy atom. The molecule has 0 radical (unpaired) electrons. The standard InChI is InChI=1S/C20H32N4O3/c1-24(2)18(25)20(10-5-6-11-20)14-23-19(21)22-12-9-15-7-8-16(26-3)17(13-15)27-4/h7-8,13H,5-6,9-12,14H2,1-4H3,(H3,21,22,23). The van der Waals surface area contributed by atoms with E-state index >= 15 is 0 Å². The van der Waals surface area contributed by atoms with E-state index in [0.717, 1.165) is 37.7 Å². The molecular weight excluding hydrogens is 344 g/mol. The van der Waals surface area contributed by atoms with Crippen molar-refractivity contribution in [3.05, 3.63) is 23.8 Å².